The van der Waals surface area contributed by atoms with Crippen molar-refractivity contribution in [2.75, 3.05) is 13.7 Å². The van der Waals surface area contributed by atoms with Crippen molar-refractivity contribution >= 4 is 0 Å². The molecule has 0 radical (unpaired) electrons. The Kier molecular flexibility index (Phi) is 4.81. The van der Waals surface area contributed by atoms with E-state index in [1.807, 2.05) is 6.07 Å². The zero-order chi connectivity index (χ0) is 14.7. The average Bonchev–Trinajstić information content (AvgIpc) is 2.48. The first-order valence-electron chi connectivity index (χ1n) is 8.30. The minimum absolute atomic E-state index is 0.0418. The molecule has 0 amide bonds. The molecule has 21 heavy (non-hydrogen) atoms. The summed E-state index contributed by atoms with van der Waals surface area (Å²) in [6.45, 7) is 1.12. The molecule has 0 heterocycles. The van der Waals surface area contributed by atoms with Crippen molar-refractivity contribution in [1.82, 2.24) is 5.32 Å². The second kappa shape index (κ2) is 6.80. The normalized spacial score (nSPS) is 32.5. The zero-order valence-corrected chi connectivity index (χ0v) is 12.9. The lowest BCUT2D eigenvalue weighted by molar-refractivity contribution is 0.106. The fourth-order valence-electron chi connectivity index (χ4n) is 3.72. The summed E-state index contributed by atoms with van der Waals surface area (Å²) in [7, 11) is 1.75. The fraction of sp³-hybridized carbons (Fsp3) is 0.667. The molecule has 2 aliphatic rings. The van der Waals surface area contributed by atoms with Crippen LogP contribution >= 0.6 is 0 Å². The SMILES string of the molecule is COc1ccccc1C1CC(NCC2CCC(O)CC2)C1. The first kappa shape index (κ1) is 14.9. The van der Waals surface area contributed by atoms with Gasteiger partial charge in [-0.05, 0) is 68.5 Å². The Hall–Kier alpha value is -1.06. The molecule has 0 atom stereocenters. The van der Waals surface area contributed by atoms with Gasteiger partial charge in [-0.3, -0.25) is 0 Å². The molecule has 0 aromatic heterocycles. The van der Waals surface area contributed by atoms with Crippen molar-refractivity contribution in [2.24, 2.45) is 5.92 Å². The molecule has 2 aliphatic carbocycles. The first-order chi connectivity index (χ1) is 10.3. The second-order valence-electron chi connectivity index (χ2n) is 6.69. The van der Waals surface area contributed by atoms with Crippen molar-refractivity contribution in [3.8, 4) is 5.75 Å². The molecule has 2 saturated carbocycles. The molecule has 3 nitrogen and oxygen atoms in total. The second-order valence-corrected chi connectivity index (χ2v) is 6.69. The van der Waals surface area contributed by atoms with Crippen LogP contribution in [0.4, 0.5) is 0 Å². The molecule has 0 spiro atoms. The van der Waals surface area contributed by atoms with E-state index >= 15 is 0 Å². The Balaban J connectivity index is 1.42. The fourth-order valence-corrected chi connectivity index (χ4v) is 3.72. The lowest BCUT2D eigenvalue weighted by Gasteiger charge is -2.38. The third-order valence-electron chi connectivity index (χ3n) is 5.23. The number of rotatable bonds is 5. The summed E-state index contributed by atoms with van der Waals surface area (Å²) in [5, 5.41) is 13.3. The van der Waals surface area contributed by atoms with Gasteiger partial charge in [-0.25, -0.2) is 0 Å². The van der Waals surface area contributed by atoms with Crippen LogP contribution in [0.2, 0.25) is 0 Å². The predicted molar refractivity (Wildman–Crippen MR) is 84.7 cm³/mol. The predicted octanol–water partition coefficient (Wildman–Crippen LogP) is 3.08. The summed E-state index contributed by atoms with van der Waals surface area (Å²) in [5.41, 5.74) is 1.36. The Morgan fingerprint density at radius 1 is 1.14 bits per heavy atom. The number of nitrogens with one attached hydrogen (secondary N) is 1. The van der Waals surface area contributed by atoms with E-state index in [-0.39, 0.29) is 6.10 Å². The molecule has 116 valence electrons. The molecule has 3 heteroatoms. The molecular weight excluding hydrogens is 262 g/mol. The van der Waals surface area contributed by atoms with Crippen molar-refractivity contribution < 1.29 is 9.84 Å². The molecule has 0 saturated heterocycles. The minimum atomic E-state index is -0.0418. The van der Waals surface area contributed by atoms with Crippen molar-refractivity contribution in [3.05, 3.63) is 29.8 Å². The first-order valence-corrected chi connectivity index (χ1v) is 8.30. The summed E-state index contributed by atoms with van der Waals surface area (Å²) in [6, 6.07) is 9.05. The molecule has 1 aromatic rings. The van der Waals surface area contributed by atoms with Crippen LogP contribution in [0.25, 0.3) is 0 Å². The van der Waals surface area contributed by atoms with Crippen LogP contribution in [0, 0.1) is 5.92 Å². The summed E-state index contributed by atoms with van der Waals surface area (Å²) in [4.78, 5) is 0. The van der Waals surface area contributed by atoms with Crippen LogP contribution in [-0.4, -0.2) is 30.9 Å². The van der Waals surface area contributed by atoms with Gasteiger partial charge in [0.05, 0.1) is 13.2 Å². The summed E-state index contributed by atoms with van der Waals surface area (Å²) < 4.78 is 5.46. The number of aliphatic hydroxyl groups excluding tert-OH is 1. The van der Waals surface area contributed by atoms with Crippen LogP contribution in [0.5, 0.6) is 5.75 Å². The van der Waals surface area contributed by atoms with Gasteiger partial charge in [-0.1, -0.05) is 18.2 Å². The van der Waals surface area contributed by atoms with E-state index in [0.717, 1.165) is 31.1 Å². The lowest BCUT2D eigenvalue weighted by atomic mass is 9.75. The van der Waals surface area contributed by atoms with Crippen LogP contribution in [0.1, 0.15) is 50.0 Å². The molecule has 2 N–H and O–H groups in total. The van der Waals surface area contributed by atoms with Gasteiger partial charge in [0, 0.05) is 6.04 Å². The number of benzene rings is 1. The van der Waals surface area contributed by atoms with Crippen molar-refractivity contribution in [3.63, 3.8) is 0 Å². The highest BCUT2D eigenvalue weighted by Gasteiger charge is 2.32. The highest BCUT2D eigenvalue weighted by Crippen LogP contribution is 2.41. The van der Waals surface area contributed by atoms with Gasteiger partial charge >= 0.3 is 0 Å². The quantitative estimate of drug-likeness (QED) is 0.875. The van der Waals surface area contributed by atoms with Gasteiger partial charge < -0.3 is 15.2 Å². The smallest absolute Gasteiger partial charge is 0.122 e. The maximum absolute atomic E-state index is 9.54. The van der Waals surface area contributed by atoms with Gasteiger partial charge in [-0.2, -0.15) is 0 Å². The highest BCUT2D eigenvalue weighted by molar-refractivity contribution is 5.37. The van der Waals surface area contributed by atoms with Gasteiger partial charge in [0.1, 0.15) is 5.75 Å². The van der Waals surface area contributed by atoms with Gasteiger partial charge in [-0.15, -0.1) is 0 Å². The number of para-hydroxylation sites is 1. The third-order valence-corrected chi connectivity index (χ3v) is 5.23. The Morgan fingerprint density at radius 2 is 1.86 bits per heavy atom. The van der Waals surface area contributed by atoms with Gasteiger partial charge in [0.2, 0.25) is 0 Å². The summed E-state index contributed by atoms with van der Waals surface area (Å²) in [5.74, 6) is 2.44. The molecule has 2 fully saturated rings. The Labute approximate surface area is 127 Å². The molecular formula is C18H27NO2. The van der Waals surface area contributed by atoms with Crippen LogP contribution < -0.4 is 10.1 Å². The maximum atomic E-state index is 9.54. The minimum Gasteiger partial charge on any atom is -0.496 e. The zero-order valence-electron chi connectivity index (χ0n) is 12.9. The molecule has 3 rings (SSSR count). The number of methoxy groups -OCH3 is 1. The van der Waals surface area contributed by atoms with E-state index in [4.69, 9.17) is 4.74 Å². The standard InChI is InChI=1S/C18H27NO2/c1-21-18-5-3-2-4-17(18)14-10-15(11-14)19-12-13-6-8-16(20)9-7-13/h2-5,13-16,19-20H,6-12H2,1H3. The van der Waals surface area contributed by atoms with E-state index in [2.05, 4.69) is 23.5 Å². The highest BCUT2D eigenvalue weighted by atomic mass is 16.5. The molecule has 0 unspecified atom stereocenters. The van der Waals surface area contributed by atoms with Gasteiger partial charge in [0.25, 0.3) is 0 Å². The van der Waals surface area contributed by atoms with Crippen molar-refractivity contribution in [1.29, 1.82) is 0 Å². The van der Waals surface area contributed by atoms with E-state index < -0.39 is 0 Å². The van der Waals surface area contributed by atoms with E-state index in [1.54, 1.807) is 7.11 Å². The maximum Gasteiger partial charge on any atom is 0.122 e. The Bertz CT molecular complexity index is 448. The summed E-state index contributed by atoms with van der Waals surface area (Å²) in [6.07, 6.45) is 6.72. The third kappa shape index (κ3) is 3.58. The molecule has 0 bridgehead atoms. The van der Waals surface area contributed by atoms with Crippen LogP contribution in [-0.2, 0) is 0 Å². The summed E-state index contributed by atoms with van der Waals surface area (Å²) >= 11 is 0. The van der Waals surface area contributed by atoms with Gasteiger partial charge in [0.15, 0.2) is 0 Å². The van der Waals surface area contributed by atoms with E-state index in [9.17, 15) is 5.11 Å². The van der Waals surface area contributed by atoms with Crippen LogP contribution in [0.15, 0.2) is 24.3 Å². The lowest BCUT2D eigenvalue weighted by Crippen LogP contribution is -2.42. The topological polar surface area (TPSA) is 41.5 Å². The number of hydrogen-bond donors (Lipinski definition) is 2. The van der Waals surface area contributed by atoms with Crippen LogP contribution in [0.3, 0.4) is 0 Å². The number of hydrogen-bond acceptors (Lipinski definition) is 3. The van der Waals surface area contributed by atoms with Crippen molar-refractivity contribution in [2.45, 2.75) is 56.6 Å². The Morgan fingerprint density at radius 3 is 2.57 bits per heavy atom. The number of ether oxygens (including phenoxy) is 1. The monoisotopic (exact) mass is 289 g/mol. The van der Waals surface area contributed by atoms with E-state index in [1.165, 1.54) is 31.2 Å². The average molecular weight is 289 g/mol. The number of aliphatic hydroxyl groups is 1. The van der Waals surface area contributed by atoms with E-state index in [0.29, 0.717) is 12.0 Å². The molecule has 1 aromatic carbocycles. The largest absolute Gasteiger partial charge is 0.496 e. The molecule has 0 aliphatic heterocycles.